The third kappa shape index (κ3) is 5.68. The van der Waals surface area contributed by atoms with Gasteiger partial charge in [0.15, 0.2) is 5.96 Å². The molecule has 0 aromatic rings. The fourth-order valence-electron chi connectivity index (χ4n) is 1.95. The van der Waals surface area contributed by atoms with Crippen molar-refractivity contribution in [1.82, 2.24) is 15.4 Å². The first-order valence-corrected chi connectivity index (χ1v) is 8.17. The zero-order valence-corrected chi connectivity index (χ0v) is 12.0. The van der Waals surface area contributed by atoms with E-state index in [0.29, 0.717) is 19.1 Å². The summed E-state index contributed by atoms with van der Waals surface area (Å²) in [6.45, 7) is 2.53. The maximum Gasteiger partial charge on any atom is 0.211 e. The molecule has 18 heavy (non-hydrogen) atoms. The topological polar surface area (TPSA) is 82.6 Å². The molecule has 0 saturated heterocycles. The van der Waals surface area contributed by atoms with E-state index >= 15 is 0 Å². The van der Waals surface area contributed by atoms with Crippen molar-refractivity contribution in [2.24, 2.45) is 4.99 Å². The van der Waals surface area contributed by atoms with Crippen LogP contribution >= 0.6 is 0 Å². The number of hydrogen-bond acceptors (Lipinski definition) is 3. The molecule has 0 spiro atoms. The van der Waals surface area contributed by atoms with Crippen LogP contribution in [0.5, 0.6) is 0 Å². The predicted molar refractivity (Wildman–Crippen MR) is 74.2 cm³/mol. The Hall–Kier alpha value is -0.820. The Labute approximate surface area is 110 Å². The summed E-state index contributed by atoms with van der Waals surface area (Å²) in [7, 11) is -1.37. The molecule has 1 aliphatic carbocycles. The van der Waals surface area contributed by atoms with Gasteiger partial charge < -0.3 is 10.6 Å². The van der Waals surface area contributed by atoms with Crippen LogP contribution in [0.25, 0.3) is 0 Å². The van der Waals surface area contributed by atoms with Crippen molar-refractivity contribution >= 4 is 16.0 Å². The van der Waals surface area contributed by atoms with Crippen LogP contribution in [0.1, 0.15) is 32.6 Å². The van der Waals surface area contributed by atoms with Crippen molar-refractivity contribution in [3.63, 3.8) is 0 Å². The summed E-state index contributed by atoms with van der Waals surface area (Å²) < 4.78 is 24.9. The summed E-state index contributed by atoms with van der Waals surface area (Å²) in [4.78, 5) is 4.12. The third-order valence-corrected chi connectivity index (χ3v) is 4.44. The molecule has 6 nitrogen and oxygen atoms in total. The van der Waals surface area contributed by atoms with Crippen LogP contribution in [0.2, 0.25) is 0 Å². The van der Waals surface area contributed by atoms with Crippen LogP contribution in [0.4, 0.5) is 0 Å². The average Bonchev–Trinajstić information content (AvgIpc) is 2.86. The van der Waals surface area contributed by atoms with Gasteiger partial charge in [0.05, 0.1) is 5.75 Å². The van der Waals surface area contributed by atoms with E-state index in [-0.39, 0.29) is 5.75 Å². The maximum atomic E-state index is 11.2. The molecule has 1 rings (SSSR count). The van der Waals surface area contributed by atoms with Crippen LogP contribution in [-0.2, 0) is 10.0 Å². The molecule has 0 atom stereocenters. The largest absolute Gasteiger partial charge is 0.355 e. The molecule has 1 aliphatic rings. The van der Waals surface area contributed by atoms with E-state index < -0.39 is 10.0 Å². The standard InChI is InChI=1S/C11H24N4O2S/c1-3-18(16,17)14-9-8-13-11(12-2)15-10-6-4-5-7-10/h10,14H,3-9H2,1-2H3,(H2,12,13,15). The van der Waals surface area contributed by atoms with Crippen LogP contribution in [0, 0.1) is 0 Å². The van der Waals surface area contributed by atoms with E-state index in [0.717, 1.165) is 5.96 Å². The van der Waals surface area contributed by atoms with E-state index in [1.54, 1.807) is 14.0 Å². The first-order valence-electron chi connectivity index (χ1n) is 6.52. The normalized spacial score (nSPS) is 18.0. The van der Waals surface area contributed by atoms with Gasteiger partial charge in [-0.3, -0.25) is 4.99 Å². The summed E-state index contributed by atoms with van der Waals surface area (Å²) in [5, 5.41) is 6.44. The number of rotatable bonds is 6. The second-order valence-electron chi connectivity index (χ2n) is 4.42. The minimum Gasteiger partial charge on any atom is -0.355 e. The first kappa shape index (κ1) is 15.2. The molecule has 3 N–H and O–H groups in total. The lowest BCUT2D eigenvalue weighted by Crippen LogP contribution is -2.45. The number of hydrogen-bond donors (Lipinski definition) is 3. The Kier molecular flexibility index (Phi) is 6.42. The summed E-state index contributed by atoms with van der Waals surface area (Å²) in [6.07, 6.45) is 4.91. The predicted octanol–water partition coefficient (Wildman–Crippen LogP) is 0.0333. The van der Waals surface area contributed by atoms with Gasteiger partial charge in [0.1, 0.15) is 0 Å². The molecule has 1 fully saturated rings. The highest BCUT2D eigenvalue weighted by Crippen LogP contribution is 2.17. The average molecular weight is 276 g/mol. The SMILES string of the molecule is CCS(=O)(=O)NCCNC(=NC)NC1CCCC1. The zero-order valence-electron chi connectivity index (χ0n) is 11.2. The minimum absolute atomic E-state index is 0.113. The van der Waals surface area contributed by atoms with Gasteiger partial charge in [-0.05, 0) is 19.8 Å². The lowest BCUT2D eigenvalue weighted by Gasteiger charge is -2.16. The van der Waals surface area contributed by atoms with Crippen molar-refractivity contribution in [3.05, 3.63) is 0 Å². The summed E-state index contributed by atoms with van der Waals surface area (Å²) in [6, 6.07) is 0.503. The Morgan fingerprint density at radius 3 is 2.50 bits per heavy atom. The molecule has 0 aromatic carbocycles. The number of nitrogens with one attached hydrogen (secondary N) is 3. The molecular weight excluding hydrogens is 252 g/mol. The highest BCUT2D eigenvalue weighted by atomic mass is 32.2. The van der Waals surface area contributed by atoms with Crippen LogP contribution in [-0.4, -0.2) is 46.3 Å². The minimum atomic E-state index is -3.10. The third-order valence-electron chi connectivity index (χ3n) is 3.04. The van der Waals surface area contributed by atoms with Gasteiger partial charge in [-0.15, -0.1) is 0 Å². The molecule has 0 aliphatic heterocycles. The molecule has 106 valence electrons. The molecule has 1 saturated carbocycles. The molecule has 0 radical (unpaired) electrons. The fraction of sp³-hybridized carbons (Fsp3) is 0.909. The van der Waals surface area contributed by atoms with Crippen LogP contribution < -0.4 is 15.4 Å². The second kappa shape index (κ2) is 7.58. The molecule has 0 aromatic heterocycles. The quantitative estimate of drug-likeness (QED) is 0.363. The van der Waals surface area contributed by atoms with Crippen molar-refractivity contribution < 1.29 is 8.42 Å². The summed E-state index contributed by atoms with van der Waals surface area (Å²) in [5.41, 5.74) is 0. The Morgan fingerprint density at radius 2 is 1.94 bits per heavy atom. The second-order valence-corrected chi connectivity index (χ2v) is 6.52. The highest BCUT2D eigenvalue weighted by Gasteiger charge is 2.15. The van der Waals surface area contributed by atoms with Crippen molar-refractivity contribution in [3.8, 4) is 0 Å². The Morgan fingerprint density at radius 1 is 1.28 bits per heavy atom. The molecule has 0 bridgehead atoms. The lowest BCUT2D eigenvalue weighted by atomic mass is 10.2. The van der Waals surface area contributed by atoms with Gasteiger partial charge in [0.2, 0.25) is 10.0 Å². The monoisotopic (exact) mass is 276 g/mol. The van der Waals surface area contributed by atoms with E-state index in [2.05, 4.69) is 20.3 Å². The van der Waals surface area contributed by atoms with Crippen LogP contribution in [0.3, 0.4) is 0 Å². The van der Waals surface area contributed by atoms with Gasteiger partial charge in [0, 0.05) is 26.2 Å². The van der Waals surface area contributed by atoms with Gasteiger partial charge in [-0.2, -0.15) is 0 Å². The van der Waals surface area contributed by atoms with E-state index in [1.165, 1.54) is 25.7 Å². The molecular formula is C11H24N4O2S. The molecule has 0 amide bonds. The number of guanidine groups is 1. The van der Waals surface area contributed by atoms with Crippen molar-refractivity contribution in [2.75, 3.05) is 25.9 Å². The fourth-order valence-corrected chi connectivity index (χ4v) is 2.56. The number of nitrogens with zero attached hydrogens (tertiary/aromatic N) is 1. The van der Waals surface area contributed by atoms with Gasteiger partial charge in [-0.25, -0.2) is 13.1 Å². The van der Waals surface area contributed by atoms with Crippen molar-refractivity contribution in [1.29, 1.82) is 0 Å². The summed E-state index contributed by atoms with van der Waals surface area (Å²) >= 11 is 0. The molecule has 7 heteroatoms. The number of aliphatic imine (C=N–C) groups is 1. The smallest absolute Gasteiger partial charge is 0.211 e. The number of sulfonamides is 1. The Balaban J connectivity index is 2.20. The van der Waals surface area contributed by atoms with E-state index in [4.69, 9.17) is 0 Å². The maximum absolute atomic E-state index is 11.2. The summed E-state index contributed by atoms with van der Waals surface area (Å²) in [5.74, 6) is 0.861. The molecule has 0 heterocycles. The lowest BCUT2D eigenvalue weighted by molar-refractivity contribution is 0.580. The van der Waals surface area contributed by atoms with Crippen LogP contribution in [0.15, 0.2) is 4.99 Å². The first-order chi connectivity index (χ1) is 8.57. The Bertz CT molecular complexity index is 361. The van der Waals surface area contributed by atoms with Crippen molar-refractivity contribution in [2.45, 2.75) is 38.6 Å². The van der Waals surface area contributed by atoms with E-state index in [1.807, 2.05) is 0 Å². The van der Waals surface area contributed by atoms with Gasteiger partial charge >= 0.3 is 0 Å². The van der Waals surface area contributed by atoms with E-state index in [9.17, 15) is 8.42 Å². The highest BCUT2D eigenvalue weighted by molar-refractivity contribution is 7.89. The van der Waals surface area contributed by atoms with Gasteiger partial charge in [-0.1, -0.05) is 12.8 Å². The zero-order chi connectivity index (χ0) is 13.4. The molecule has 0 unspecified atom stereocenters. The van der Waals surface area contributed by atoms with Gasteiger partial charge in [0.25, 0.3) is 0 Å².